The van der Waals surface area contributed by atoms with Crippen LogP contribution in [-0.2, 0) is 4.74 Å². The molecule has 0 aromatic rings. The average molecular weight is 241 g/mol. The van der Waals surface area contributed by atoms with Crippen LogP contribution in [-0.4, -0.2) is 40.9 Å². The van der Waals surface area contributed by atoms with Gasteiger partial charge in [0, 0.05) is 6.54 Å². The Hall–Kier alpha value is -1.03. The molecule has 1 aliphatic heterocycles. The van der Waals surface area contributed by atoms with Crippen molar-refractivity contribution in [3.05, 3.63) is 12.2 Å². The fraction of sp³-hybridized carbons (Fsp3) is 0.769. The van der Waals surface area contributed by atoms with Crippen LogP contribution in [0.2, 0.25) is 0 Å². The van der Waals surface area contributed by atoms with Gasteiger partial charge in [-0.25, -0.2) is 4.79 Å². The van der Waals surface area contributed by atoms with E-state index in [-0.39, 0.29) is 18.7 Å². The summed E-state index contributed by atoms with van der Waals surface area (Å²) in [6.45, 7) is 12.0. The third kappa shape index (κ3) is 3.73. The molecule has 0 aliphatic carbocycles. The Morgan fingerprint density at radius 1 is 1.53 bits per heavy atom. The van der Waals surface area contributed by atoms with E-state index in [0.29, 0.717) is 18.0 Å². The van der Waals surface area contributed by atoms with Gasteiger partial charge in [-0.3, -0.25) is 0 Å². The summed E-state index contributed by atoms with van der Waals surface area (Å²) in [6.07, 6.45) is 0.528. The van der Waals surface area contributed by atoms with Crippen LogP contribution in [0.3, 0.4) is 0 Å². The molecule has 1 fully saturated rings. The smallest absolute Gasteiger partial charge is 0.410 e. The zero-order valence-corrected chi connectivity index (χ0v) is 11.2. The van der Waals surface area contributed by atoms with Gasteiger partial charge in [0.1, 0.15) is 5.60 Å². The maximum atomic E-state index is 12.0. The second-order valence-electron chi connectivity index (χ2n) is 5.81. The lowest BCUT2D eigenvalue weighted by molar-refractivity contribution is 0.0239. The van der Waals surface area contributed by atoms with Crippen molar-refractivity contribution >= 4 is 6.09 Å². The summed E-state index contributed by atoms with van der Waals surface area (Å²) < 4.78 is 5.36. The van der Waals surface area contributed by atoms with Crippen molar-refractivity contribution in [3.8, 4) is 0 Å². The molecule has 0 unspecified atom stereocenters. The molecule has 0 radical (unpaired) electrons. The molecule has 0 aromatic heterocycles. The molecule has 1 heterocycles. The highest BCUT2D eigenvalue weighted by atomic mass is 16.6. The van der Waals surface area contributed by atoms with E-state index < -0.39 is 5.60 Å². The van der Waals surface area contributed by atoms with Gasteiger partial charge in [-0.05, 0) is 38.7 Å². The van der Waals surface area contributed by atoms with E-state index >= 15 is 0 Å². The molecule has 0 bridgehead atoms. The highest BCUT2D eigenvalue weighted by molar-refractivity contribution is 5.69. The number of aliphatic hydroxyl groups excluding tert-OH is 1. The first-order valence-electron chi connectivity index (χ1n) is 6.02. The number of rotatable bonds is 2. The van der Waals surface area contributed by atoms with Crippen LogP contribution >= 0.6 is 0 Å². The number of carbonyl (C=O) groups is 1. The lowest BCUT2D eigenvalue weighted by atomic mass is 10.0. The molecule has 17 heavy (non-hydrogen) atoms. The maximum Gasteiger partial charge on any atom is 0.410 e. The molecule has 98 valence electrons. The first-order valence-corrected chi connectivity index (χ1v) is 6.02. The molecule has 4 nitrogen and oxygen atoms in total. The monoisotopic (exact) mass is 241 g/mol. The SMILES string of the molecule is C=C(CO)[C@@H]1C[C@@H](C)CN1C(=O)OC(C)(C)C. The fourth-order valence-electron chi connectivity index (χ4n) is 2.06. The Bertz CT molecular complexity index is 306. The minimum Gasteiger partial charge on any atom is -0.444 e. The quantitative estimate of drug-likeness (QED) is 0.754. The number of aliphatic hydroxyl groups is 1. The van der Waals surface area contributed by atoms with Gasteiger partial charge in [0.05, 0.1) is 12.6 Å². The van der Waals surface area contributed by atoms with Gasteiger partial charge in [-0.15, -0.1) is 0 Å². The molecule has 1 saturated heterocycles. The fourth-order valence-corrected chi connectivity index (χ4v) is 2.06. The van der Waals surface area contributed by atoms with Gasteiger partial charge >= 0.3 is 6.09 Å². The van der Waals surface area contributed by atoms with Gasteiger partial charge < -0.3 is 14.7 Å². The van der Waals surface area contributed by atoms with Crippen molar-refractivity contribution in [3.63, 3.8) is 0 Å². The number of hydrogen-bond donors (Lipinski definition) is 1. The molecule has 1 aliphatic rings. The van der Waals surface area contributed by atoms with Crippen LogP contribution in [0.15, 0.2) is 12.2 Å². The molecule has 0 spiro atoms. The summed E-state index contributed by atoms with van der Waals surface area (Å²) in [5.74, 6) is 0.413. The third-order valence-electron chi connectivity index (χ3n) is 2.81. The van der Waals surface area contributed by atoms with Crippen LogP contribution in [0.25, 0.3) is 0 Å². The molecule has 4 heteroatoms. The minimum absolute atomic E-state index is 0.0866. The summed E-state index contributed by atoms with van der Waals surface area (Å²) in [5, 5.41) is 9.14. The summed E-state index contributed by atoms with van der Waals surface area (Å²) >= 11 is 0. The molecule has 1 amide bonds. The first kappa shape index (κ1) is 14.0. The van der Waals surface area contributed by atoms with E-state index in [0.717, 1.165) is 6.42 Å². The van der Waals surface area contributed by atoms with Crippen molar-refractivity contribution in [1.82, 2.24) is 4.90 Å². The second-order valence-corrected chi connectivity index (χ2v) is 5.81. The van der Waals surface area contributed by atoms with Crippen LogP contribution in [0.4, 0.5) is 4.79 Å². The summed E-state index contributed by atoms with van der Waals surface area (Å²) in [6, 6.07) is -0.0927. The summed E-state index contributed by atoms with van der Waals surface area (Å²) in [5.41, 5.74) is 0.189. The second kappa shape index (κ2) is 5.08. The Morgan fingerprint density at radius 2 is 2.12 bits per heavy atom. The van der Waals surface area contributed by atoms with E-state index in [1.807, 2.05) is 20.8 Å². The first-order chi connectivity index (χ1) is 7.74. The average Bonchev–Trinajstić information content (AvgIpc) is 2.56. The summed E-state index contributed by atoms with van der Waals surface area (Å²) in [7, 11) is 0. The zero-order valence-electron chi connectivity index (χ0n) is 11.2. The lowest BCUT2D eigenvalue weighted by Crippen LogP contribution is -2.41. The molecule has 1 N–H and O–H groups in total. The normalized spacial score (nSPS) is 24.9. The minimum atomic E-state index is -0.492. The van der Waals surface area contributed by atoms with Crippen molar-refractivity contribution in [2.75, 3.05) is 13.2 Å². The molecular formula is C13H23NO3. The topological polar surface area (TPSA) is 49.8 Å². The number of amides is 1. The largest absolute Gasteiger partial charge is 0.444 e. The van der Waals surface area contributed by atoms with Gasteiger partial charge in [-0.2, -0.15) is 0 Å². The van der Waals surface area contributed by atoms with Crippen molar-refractivity contribution < 1.29 is 14.6 Å². The molecule has 0 saturated carbocycles. The molecular weight excluding hydrogens is 218 g/mol. The Balaban J connectivity index is 2.73. The number of carbonyl (C=O) groups excluding carboxylic acids is 1. The molecule has 1 rings (SSSR count). The van der Waals surface area contributed by atoms with Crippen molar-refractivity contribution in [1.29, 1.82) is 0 Å². The van der Waals surface area contributed by atoms with E-state index in [9.17, 15) is 4.79 Å². The van der Waals surface area contributed by atoms with Gasteiger partial charge in [0.15, 0.2) is 0 Å². The maximum absolute atomic E-state index is 12.0. The number of hydrogen-bond acceptors (Lipinski definition) is 3. The zero-order chi connectivity index (χ0) is 13.2. The highest BCUT2D eigenvalue weighted by Crippen LogP contribution is 2.28. The Kier molecular flexibility index (Phi) is 4.20. The van der Waals surface area contributed by atoms with Crippen molar-refractivity contribution in [2.45, 2.75) is 45.8 Å². The molecule has 0 aromatic carbocycles. The molecule has 2 atom stereocenters. The summed E-state index contributed by atoms with van der Waals surface area (Å²) in [4.78, 5) is 13.7. The third-order valence-corrected chi connectivity index (χ3v) is 2.81. The van der Waals surface area contributed by atoms with Gasteiger partial charge in [0.25, 0.3) is 0 Å². The van der Waals surface area contributed by atoms with E-state index in [2.05, 4.69) is 13.5 Å². The van der Waals surface area contributed by atoms with E-state index in [1.54, 1.807) is 4.90 Å². The van der Waals surface area contributed by atoms with Crippen LogP contribution in [0.1, 0.15) is 34.1 Å². The number of likely N-dealkylation sites (tertiary alicyclic amines) is 1. The Morgan fingerprint density at radius 3 is 2.59 bits per heavy atom. The lowest BCUT2D eigenvalue weighted by Gasteiger charge is -2.29. The predicted molar refractivity (Wildman–Crippen MR) is 66.7 cm³/mol. The van der Waals surface area contributed by atoms with Gasteiger partial charge in [-0.1, -0.05) is 13.5 Å². The van der Waals surface area contributed by atoms with Crippen molar-refractivity contribution in [2.24, 2.45) is 5.92 Å². The van der Waals surface area contributed by atoms with E-state index in [1.165, 1.54) is 0 Å². The standard InChI is InChI=1S/C13H23NO3/c1-9-6-11(10(2)8-15)14(7-9)12(16)17-13(3,4)5/h9,11,15H,2,6-8H2,1,3-5H3/t9-,11+/m1/s1. The number of ether oxygens (including phenoxy) is 1. The highest BCUT2D eigenvalue weighted by Gasteiger charge is 2.36. The van der Waals surface area contributed by atoms with Gasteiger partial charge in [0.2, 0.25) is 0 Å². The van der Waals surface area contributed by atoms with Crippen LogP contribution in [0.5, 0.6) is 0 Å². The van der Waals surface area contributed by atoms with E-state index in [4.69, 9.17) is 9.84 Å². The number of nitrogens with zero attached hydrogens (tertiary/aromatic N) is 1. The Labute approximate surface area is 103 Å². The predicted octanol–water partition coefficient (Wildman–Crippen LogP) is 2.18. The van der Waals surface area contributed by atoms with Crippen LogP contribution in [0, 0.1) is 5.92 Å². The van der Waals surface area contributed by atoms with Crippen LogP contribution < -0.4 is 0 Å².